The molecule has 3 rings (SSSR count). The van der Waals surface area contributed by atoms with Crippen LogP contribution in [0.15, 0.2) is 54.6 Å². The normalized spacial score (nSPS) is 17.2. The number of anilines is 1. The first-order chi connectivity index (χ1) is 12.6. The number of nitrogens with one attached hydrogen (secondary N) is 2. The molecule has 3 amide bonds. The molecule has 2 aromatic carbocycles. The van der Waals surface area contributed by atoms with Crippen LogP contribution in [0, 0.1) is 10.1 Å². The summed E-state index contributed by atoms with van der Waals surface area (Å²) in [7, 11) is 0. The second-order valence-corrected chi connectivity index (χ2v) is 5.88. The minimum absolute atomic E-state index is 0.123. The SMILES string of the molecule is O=C1C[C@H](c2ccccc2)N(C(=O)Nc2ccccc2[N+](=O)[O-])CCN1. The van der Waals surface area contributed by atoms with Crippen LogP contribution in [0.4, 0.5) is 16.2 Å². The van der Waals surface area contributed by atoms with Crippen molar-refractivity contribution in [3.63, 3.8) is 0 Å². The van der Waals surface area contributed by atoms with Gasteiger partial charge in [-0.2, -0.15) is 0 Å². The molecule has 0 spiro atoms. The number of hydrogen-bond donors (Lipinski definition) is 2. The number of urea groups is 1. The van der Waals surface area contributed by atoms with Gasteiger partial charge in [-0.25, -0.2) is 4.79 Å². The van der Waals surface area contributed by atoms with Crippen molar-refractivity contribution >= 4 is 23.3 Å². The van der Waals surface area contributed by atoms with E-state index in [1.54, 1.807) is 6.07 Å². The van der Waals surface area contributed by atoms with E-state index >= 15 is 0 Å². The molecule has 2 N–H and O–H groups in total. The van der Waals surface area contributed by atoms with Gasteiger partial charge < -0.3 is 15.5 Å². The lowest BCUT2D eigenvalue weighted by Gasteiger charge is -2.29. The number of amides is 3. The number of rotatable bonds is 3. The fourth-order valence-corrected chi connectivity index (χ4v) is 2.97. The summed E-state index contributed by atoms with van der Waals surface area (Å²) in [5.74, 6) is -0.139. The van der Waals surface area contributed by atoms with E-state index < -0.39 is 17.0 Å². The second-order valence-electron chi connectivity index (χ2n) is 5.88. The summed E-state index contributed by atoms with van der Waals surface area (Å²) in [4.78, 5) is 37.0. The number of carbonyl (C=O) groups excluding carboxylic acids is 2. The van der Waals surface area contributed by atoms with Gasteiger partial charge in [0.2, 0.25) is 5.91 Å². The fourth-order valence-electron chi connectivity index (χ4n) is 2.97. The maximum atomic E-state index is 12.8. The van der Waals surface area contributed by atoms with Crippen LogP contribution in [-0.4, -0.2) is 34.9 Å². The average molecular weight is 354 g/mol. The molecule has 134 valence electrons. The third-order valence-electron chi connectivity index (χ3n) is 4.22. The lowest BCUT2D eigenvalue weighted by molar-refractivity contribution is -0.383. The number of nitrogens with zero attached hydrogens (tertiary/aromatic N) is 2. The quantitative estimate of drug-likeness (QED) is 0.653. The number of hydrogen-bond acceptors (Lipinski definition) is 4. The van der Waals surface area contributed by atoms with Gasteiger partial charge in [0.25, 0.3) is 5.69 Å². The van der Waals surface area contributed by atoms with Crippen molar-refractivity contribution in [1.29, 1.82) is 0 Å². The van der Waals surface area contributed by atoms with E-state index in [2.05, 4.69) is 10.6 Å². The third-order valence-corrected chi connectivity index (χ3v) is 4.22. The maximum Gasteiger partial charge on any atom is 0.322 e. The monoisotopic (exact) mass is 354 g/mol. The van der Waals surface area contributed by atoms with E-state index in [-0.39, 0.29) is 23.7 Å². The largest absolute Gasteiger partial charge is 0.354 e. The van der Waals surface area contributed by atoms with E-state index in [1.165, 1.54) is 23.1 Å². The van der Waals surface area contributed by atoms with Crippen molar-refractivity contribution < 1.29 is 14.5 Å². The Hall–Kier alpha value is -3.42. The van der Waals surface area contributed by atoms with Gasteiger partial charge in [-0.15, -0.1) is 0 Å². The zero-order valence-corrected chi connectivity index (χ0v) is 13.9. The Morgan fingerprint density at radius 1 is 1.15 bits per heavy atom. The highest BCUT2D eigenvalue weighted by atomic mass is 16.6. The molecule has 8 nitrogen and oxygen atoms in total. The van der Waals surface area contributed by atoms with Crippen molar-refractivity contribution in [3.05, 3.63) is 70.3 Å². The topological polar surface area (TPSA) is 105 Å². The smallest absolute Gasteiger partial charge is 0.322 e. The Kier molecular flexibility index (Phi) is 5.12. The summed E-state index contributed by atoms with van der Waals surface area (Å²) < 4.78 is 0. The Labute approximate surface area is 150 Å². The summed E-state index contributed by atoms with van der Waals surface area (Å²) in [5, 5.41) is 16.5. The van der Waals surface area contributed by atoms with Crippen molar-refractivity contribution in [2.45, 2.75) is 12.5 Å². The van der Waals surface area contributed by atoms with E-state index in [1.807, 2.05) is 30.3 Å². The van der Waals surface area contributed by atoms with E-state index in [4.69, 9.17) is 0 Å². The molecule has 0 saturated carbocycles. The van der Waals surface area contributed by atoms with Gasteiger partial charge in [0, 0.05) is 19.2 Å². The van der Waals surface area contributed by atoms with Gasteiger partial charge in [-0.3, -0.25) is 14.9 Å². The Bertz CT molecular complexity index is 825. The molecule has 8 heteroatoms. The van der Waals surface area contributed by atoms with Gasteiger partial charge in [0.15, 0.2) is 0 Å². The Morgan fingerprint density at radius 2 is 1.85 bits per heavy atom. The highest BCUT2D eigenvalue weighted by molar-refractivity contribution is 5.92. The molecule has 1 heterocycles. The Balaban J connectivity index is 1.88. The standard InChI is InChI=1S/C18H18N4O4/c23-17-12-16(13-6-2-1-3-7-13)21(11-10-19-17)18(24)20-14-8-4-5-9-15(14)22(25)26/h1-9,16H,10-12H2,(H,19,23)(H,20,24)/t16-/m1/s1. The van der Waals surface area contributed by atoms with E-state index in [9.17, 15) is 19.7 Å². The predicted octanol–water partition coefficient (Wildman–Crippen LogP) is 2.69. The van der Waals surface area contributed by atoms with Crippen molar-refractivity contribution in [3.8, 4) is 0 Å². The number of benzene rings is 2. The number of nitro groups is 1. The zero-order chi connectivity index (χ0) is 18.5. The first-order valence-electron chi connectivity index (χ1n) is 8.19. The highest BCUT2D eigenvalue weighted by Gasteiger charge is 2.30. The molecule has 0 bridgehead atoms. The van der Waals surface area contributed by atoms with E-state index in [0.717, 1.165) is 5.56 Å². The molecule has 2 aromatic rings. The average Bonchev–Trinajstić information content (AvgIpc) is 2.84. The molecule has 1 aliphatic heterocycles. The van der Waals surface area contributed by atoms with Crippen LogP contribution in [0.2, 0.25) is 0 Å². The molecular formula is C18H18N4O4. The molecule has 0 aliphatic carbocycles. The van der Waals surface area contributed by atoms with Gasteiger partial charge in [-0.1, -0.05) is 42.5 Å². The van der Waals surface area contributed by atoms with Crippen LogP contribution in [0.1, 0.15) is 18.0 Å². The summed E-state index contributed by atoms with van der Waals surface area (Å²) in [6, 6.07) is 14.3. The molecular weight excluding hydrogens is 336 g/mol. The molecule has 1 saturated heterocycles. The van der Waals surface area contributed by atoms with Crippen LogP contribution < -0.4 is 10.6 Å². The summed E-state index contributed by atoms with van der Waals surface area (Å²) in [6.07, 6.45) is 0.133. The maximum absolute atomic E-state index is 12.8. The predicted molar refractivity (Wildman–Crippen MR) is 95.6 cm³/mol. The minimum atomic E-state index is -0.544. The van der Waals surface area contributed by atoms with Crippen LogP contribution >= 0.6 is 0 Å². The van der Waals surface area contributed by atoms with Gasteiger partial charge >= 0.3 is 6.03 Å². The van der Waals surface area contributed by atoms with Crippen molar-refractivity contribution in [2.75, 3.05) is 18.4 Å². The molecule has 26 heavy (non-hydrogen) atoms. The minimum Gasteiger partial charge on any atom is -0.354 e. The Morgan fingerprint density at radius 3 is 2.58 bits per heavy atom. The molecule has 1 fully saturated rings. The number of carbonyl (C=O) groups is 2. The highest BCUT2D eigenvalue weighted by Crippen LogP contribution is 2.28. The first-order valence-corrected chi connectivity index (χ1v) is 8.19. The summed E-state index contributed by atoms with van der Waals surface area (Å²) >= 11 is 0. The fraction of sp³-hybridized carbons (Fsp3) is 0.222. The molecule has 0 radical (unpaired) electrons. The third kappa shape index (κ3) is 3.80. The van der Waals surface area contributed by atoms with Gasteiger partial charge in [0.1, 0.15) is 5.69 Å². The number of para-hydroxylation sites is 2. The number of nitro benzene ring substituents is 1. The summed E-state index contributed by atoms with van der Waals surface area (Å²) in [5.41, 5.74) is 0.779. The first kappa shape index (κ1) is 17.4. The van der Waals surface area contributed by atoms with Crippen LogP contribution in [-0.2, 0) is 4.79 Å². The lowest BCUT2D eigenvalue weighted by Crippen LogP contribution is -2.39. The van der Waals surface area contributed by atoms with Crippen molar-refractivity contribution in [1.82, 2.24) is 10.2 Å². The zero-order valence-electron chi connectivity index (χ0n) is 13.9. The van der Waals surface area contributed by atoms with Crippen molar-refractivity contribution in [2.24, 2.45) is 0 Å². The second kappa shape index (κ2) is 7.64. The van der Waals surface area contributed by atoms with Gasteiger partial charge in [0.05, 0.1) is 17.4 Å². The van der Waals surface area contributed by atoms with Gasteiger partial charge in [-0.05, 0) is 11.6 Å². The molecule has 0 unspecified atom stereocenters. The molecule has 1 atom stereocenters. The van der Waals surface area contributed by atoms with Crippen LogP contribution in [0.3, 0.4) is 0 Å². The molecule has 0 aromatic heterocycles. The van der Waals surface area contributed by atoms with E-state index in [0.29, 0.717) is 13.1 Å². The van der Waals surface area contributed by atoms with Crippen LogP contribution in [0.5, 0.6) is 0 Å². The lowest BCUT2D eigenvalue weighted by atomic mass is 10.0. The van der Waals surface area contributed by atoms with Crippen LogP contribution in [0.25, 0.3) is 0 Å². The molecule has 1 aliphatic rings. The summed E-state index contributed by atoms with van der Waals surface area (Å²) in [6.45, 7) is 0.629.